The van der Waals surface area contributed by atoms with E-state index < -0.39 is 0 Å². The Balaban J connectivity index is 2.17. The minimum Gasteiger partial charge on any atom is -0.316 e. The molecule has 0 bridgehead atoms. The molecule has 1 aliphatic rings. The first-order valence-corrected chi connectivity index (χ1v) is 5.87. The molecule has 2 aromatic heterocycles. The van der Waals surface area contributed by atoms with Gasteiger partial charge in [-0.3, -0.25) is 4.40 Å². The van der Waals surface area contributed by atoms with Crippen LogP contribution in [-0.2, 0) is 5.41 Å². The molecule has 0 spiro atoms. The van der Waals surface area contributed by atoms with E-state index in [0.29, 0.717) is 0 Å². The zero-order chi connectivity index (χ0) is 11.0. The molecule has 84 valence electrons. The Morgan fingerprint density at radius 2 is 2.38 bits per heavy atom. The van der Waals surface area contributed by atoms with Crippen molar-refractivity contribution in [1.29, 1.82) is 0 Å². The first-order chi connectivity index (χ1) is 7.86. The molecular formula is C12H16N4. The third kappa shape index (κ3) is 1.26. The summed E-state index contributed by atoms with van der Waals surface area (Å²) in [7, 11) is 0. The molecule has 0 amide bonds. The van der Waals surface area contributed by atoms with Crippen LogP contribution in [0.3, 0.4) is 0 Å². The van der Waals surface area contributed by atoms with Crippen molar-refractivity contribution in [1.82, 2.24) is 19.9 Å². The van der Waals surface area contributed by atoms with Gasteiger partial charge in [-0.25, -0.2) is 0 Å². The molecule has 1 fully saturated rings. The van der Waals surface area contributed by atoms with E-state index in [9.17, 15) is 0 Å². The van der Waals surface area contributed by atoms with E-state index in [0.717, 1.165) is 37.4 Å². The third-order valence-electron chi connectivity index (χ3n) is 3.71. The molecule has 1 N–H and O–H groups in total. The Morgan fingerprint density at radius 3 is 3.12 bits per heavy atom. The molecule has 0 saturated carbocycles. The fraction of sp³-hybridized carbons (Fsp3) is 0.500. The average molecular weight is 216 g/mol. The fourth-order valence-electron chi connectivity index (χ4n) is 2.60. The van der Waals surface area contributed by atoms with Crippen molar-refractivity contribution in [2.24, 2.45) is 0 Å². The average Bonchev–Trinajstić information content (AvgIpc) is 2.96. The summed E-state index contributed by atoms with van der Waals surface area (Å²) < 4.78 is 2.12. The molecule has 3 heterocycles. The minimum absolute atomic E-state index is 0.167. The fourth-order valence-corrected chi connectivity index (χ4v) is 2.60. The lowest BCUT2D eigenvalue weighted by Gasteiger charge is -2.24. The molecule has 1 aliphatic heterocycles. The van der Waals surface area contributed by atoms with Gasteiger partial charge in [0.05, 0.1) is 0 Å². The van der Waals surface area contributed by atoms with E-state index in [4.69, 9.17) is 0 Å². The summed E-state index contributed by atoms with van der Waals surface area (Å²) in [4.78, 5) is 0. The highest BCUT2D eigenvalue weighted by molar-refractivity contribution is 5.38. The van der Waals surface area contributed by atoms with Crippen LogP contribution in [-0.4, -0.2) is 27.7 Å². The van der Waals surface area contributed by atoms with Gasteiger partial charge in [0.15, 0.2) is 5.65 Å². The first-order valence-electron chi connectivity index (χ1n) is 5.87. The summed E-state index contributed by atoms with van der Waals surface area (Å²) in [6.07, 6.45) is 4.31. The standard InChI is InChI=1S/C12H16N4/c1-2-12(6-7-13-9-12)11-15-14-10-5-3-4-8-16(10)11/h3-5,8,13H,2,6-7,9H2,1H3. The number of hydrogen-bond donors (Lipinski definition) is 1. The van der Waals surface area contributed by atoms with Crippen molar-refractivity contribution in [3.8, 4) is 0 Å². The highest BCUT2D eigenvalue weighted by atomic mass is 15.3. The Hall–Kier alpha value is -1.42. The van der Waals surface area contributed by atoms with Gasteiger partial charge in [-0.05, 0) is 31.5 Å². The smallest absolute Gasteiger partial charge is 0.160 e. The van der Waals surface area contributed by atoms with Crippen molar-refractivity contribution >= 4 is 5.65 Å². The highest BCUT2D eigenvalue weighted by Crippen LogP contribution is 2.32. The molecule has 4 heteroatoms. The minimum atomic E-state index is 0.167. The molecule has 1 saturated heterocycles. The van der Waals surface area contributed by atoms with Gasteiger partial charge in [0.25, 0.3) is 0 Å². The second-order valence-electron chi connectivity index (χ2n) is 4.51. The molecule has 4 nitrogen and oxygen atoms in total. The third-order valence-corrected chi connectivity index (χ3v) is 3.71. The first kappa shape index (κ1) is 9.78. The summed E-state index contributed by atoms with van der Waals surface area (Å²) in [6.45, 7) is 4.33. The number of pyridine rings is 1. The number of nitrogens with zero attached hydrogens (tertiary/aromatic N) is 3. The van der Waals surface area contributed by atoms with Gasteiger partial charge in [0, 0.05) is 18.2 Å². The molecule has 2 aromatic rings. The second kappa shape index (κ2) is 3.56. The summed E-state index contributed by atoms with van der Waals surface area (Å²) in [5.41, 5.74) is 1.11. The van der Waals surface area contributed by atoms with E-state index in [1.54, 1.807) is 0 Å². The predicted molar refractivity (Wildman–Crippen MR) is 62.4 cm³/mol. The molecule has 0 aliphatic carbocycles. The van der Waals surface area contributed by atoms with Crippen LogP contribution >= 0.6 is 0 Å². The molecule has 0 radical (unpaired) electrons. The largest absolute Gasteiger partial charge is 0.316 e. The van der Waals surface area contributed by atoms with Crippen LogP contribution in [0.1, 0.15) is 25.6 Å². The van der Waals surface area contributed by atoms with E-state index in [1.807, 2.05) is 18.2 Å². The molecule has 0 aromatic carbocycles. The number of fused-ring (bicyclic) bond motifs is 1. The van der Waals surface area contributed by atoms with Crippen LogP contribution in [0.25, 0.3) is 5.65 Å². The molecule has 3 rings (SSSR count). The zero-order valence-corrected chi connectivity index (χ0v) is 9.48. The normalized spacial score (nSPS) is 25.3. The topological polar surface area (TPSA) is 42.2 Å². The molecular weight excluding hydrogens is 200 g/mol. The van der Waals surface area contributed by atoms with E-state index in [-0.39, 0.29) is 5.41 Å². The van der Waals surface area contributed by atoms with Crippen molar-refractivity contribution < 1.29 is 0 Å². The van der Waals surface area contributed by atoms with Crippen LogP contribution < -0.4 is 5.32 Å². The highest BCUT2D eigenvalue weighted by Gasteiger charge is 2.37. The van der Waals surface area contributed by atoms with Crippen LogP contribution in [0.5, 0.6) is 0 Å². The van der Waals surface area contributed by atoms with Gasteiger partial charge in [0.2, 0.25) is 0 Å². The van der Waals surface area contributed by atoms with Crippen LogP contribution in [0, 0.1) is 0 Å². The number of aromatic nitrogens is 3. The maximum absolute atomic E-state index is 4.39. The van der Waals surface area contributed by atoms with Gasteiger partial charge in [-0.1, -0.05) is 13.0 Å². The lowest BCUT2D eigenvalue weighted by atomic mass is 9.83. The van der Waals surface area contributed by atoms with E-state index in [1.165, 1.54) is 0 Å². The predicted octanol–water partition coefficient (Wildman–Crippen LogP) is 1.37. The van der Waals surface area contributed by atoms with Gasteiger partial charge in [-0.15, -0.1) is 10.2 Å². The Labute approximate surface area is 94.7 Å². The molecule has 1 atom stereocenters. The lowest BCUT2D eigenvalue weighted by Crippen LogP contribution is -2.30. The number of hydrogen-bond acceptors (Lipinski definition) is 3. The van der Waals surface area contributed by atoms with Crippen molar-refractivity contribution in [3.63, 3.8) is 0 Å². The molecule has 16 heavy (non-hydrogen) atoms. The SMILES string of the molecule is CCC1(c2nnc3ccccn23)CCNC1. The quantitative estimate of drug-likeness (QED) is 0.824. The molecule has 1 unspecified atom stereocenters. The van der Waals surface area contributed by atoms with E-state index >= 15 is 0 Å². The second-order valence-corrected chi connectivity index (χ2v) is 4.51. The Bertz CT molecular complexity index is 496. The van der Waals surface area contributed by atoms with Gasteiger partial charge < -0.3 is 5.32 Å². The maximum Gasteiger partial charge on any atom is 0.160 e. The lowest BCUT2D eigenvalue weighted by molar-refractivity contribution is 0.421. The maximum atomic E-state index is 4.39. The van der Waals surface area contributed by atoms with Crippen LogP contribution in [0.4, 0.5) is 0 Å². The van der Waals surface area contributed by atoms with Crippen LogP contribution in [0.15, 0.2) is 24.4 Å². The van der Waals surface area contributed by atoms with Gasteiger partial charge >= 0.3 is 0 Å². The summed E-state index contributed by atoms with van der Waals surface area (Å²) in [5, 5.41) is 12.1. The zero-order valence-electron chi connectivity index (χ0n) is 9.48. The van der Waals surface area contributed by atoms with Crippen molar-refractivity contribution in [3.05, 3.63) is 30.2 Å². The number of nitrogens with one attached hydrogen (secondary N) is 1. The summed E-state index contributed by atoms with van der Waals surface area (Å²) in [5.74, 6) is 1.11. The van der Waals surface area contributed by atoms with Crippen LogP contribution in [0.2, 0.25) is 0 Å². The van der Waals surface area contributed by atoms with Crippen molar-refractivity contribution in [2.75, 3.05) is 13.1 Å². The summed E-state index contributed by atoms with van der Waals surface area (Å²) in [6, 6.07) is 6.03. The van der Waals surface area contributed by atoms with Crippen molar-refractivity contribution in [2.45, 2.75) is 25.2 Å². The van der Waals surface area contributed by atoms with Gasteiger partial charge in [-0.2, -0.15) is 0 Å². The Kier molecular flexibility index (Phi) is 2.17. The Morgan fingerprint density at radius 1 is 1.44 bits per heavy atom. The monoisotopic (exact) mass is 216 g/mol. The van der Waals surface area contributed by atoms with E-state index in [2.05, 4.69) is 33.0 Å². The van der Waals surface area contributed by atoms with Gasteiger partial charge in [0.1, 0.15) is 5.82 Å². The summed E-state index contributed by atoms with van der Waals surface area (Å²) >= 11 is 0. The number of rotatable bonds is 2.